The summed E-state index contributed by atoms with van der Waals surface area (Å²) < 4.78 is 5.64. The lowest BCUT2D eigenvalue weighted by molar-refractivity contribution is 0.251. The molecule has 0 unspecified atom stereocenters. The fourth-order valence-corrected chi connectivity index (χ4v) is 2.05. The van der Waals surface area contributed by atoms with Crippen molar-refractivity contribution in [3.8, 4) is 5.75 Å². The first-order chi connectivity index (χ1) is 6.86. The molecule has 1 heterocycles. The van der Waals surface area contributed by atoms with E-state index in [2.05, 4.69) is 5.16 Å². The SMILES string of the molecule is O/N=C1\c2ccccc2OCC12CC2. The fourth-order valence-electron chi connectivity index (χ4n) is 2.05. The van der Waals surface area contributed by atoms with Gasteiger partial charge in [0.2, 0.25) is 0 Å². The predicted octanol–water partition coefficient (Wildman–Crippen LogP) is 2.04. The van der Waals surface area contributed by atoms with E-state index in [0.29, 0.717) is 6.61 Å². The number of hydrogen-bond donors (Lipinski definition) is 1. The Morgan fingerprint density at radius 1 is 1.29 bits per heavy atom. The van der Waals surface area contributed by atoms with Gasteiger partial charge in [0.1, 0.15) is 11.5 Å². The van der Waals surface area contributed by atoms with Crippen LogP contribution in [0.2, 0.25) is 0 Å². The summed E-state index contributed by atoms with van der Waals surface area (Å²) >= 11 is 0. The summed E-state index contributed by atoms with van der Waals surface area (Å²) in [7, 11) is 0. The van der Waals surface area contributed by atoms with E-state index in [-0.39, 0.29) is 5.41 Å². The topological polar surface area (TPSA) is 41.8 Å². The van der Waals surface area contributed by atoms with Gasteiger partial charge in [0.15, 0.2) is 0 Å². The summed E-state index contributed by atoms with van der Waals surface area (Å²) in [5, 5.41) is 12.5. The van der Waals surface area contributed by atoms with E-state index in [9.17, 15) is 0 Å². The summed E-state index contributed by atoms with van der Waals surface area (Å²) in [6.07, 6.45) is 2.14. The lowest BCUT2D eigenvalue weighted by atomic mass is 9.91. The third kappa shape index (κ3) is 0.895. The maximum atomic E-state index is 9.05. The van der Waals surface area contributed by atoms with Gasteiger partial charge in [0.05, 0.1) is 12.0 Å². The highest BCUT2D eigenvalue weighted by molar-refractivity contribution is 6.08. The highest BCUT2D eigenvalue weighted by Crippen LogP contribution is 2.52. The minimum absolute atomic E-state index is 0.0170. The van der Waals surface area contributed by atoms with Gasteiger partial charge in [0, 0.05) is 5.56 Å². The molecule has 0 atom stereocenters. The Balaban J connectivity index is 2.16. The molecule has 0 bridgehead atoms. The van der Waals surface area contributed by atoms with Crippen molar-refractivity contribution in [2.75, 3.05) is 6.61 Å². The van der Waals surface area contributed by atoms with Crippen LogP contribution in [0.25, 0.3) is 0 Å². The Morgan fingerprint density at radius 2 is 2.07 bits per heavy atom. The second-order valence-electron chi connectivity index (χ2n) is 4.01. The molecular weight excluding hydrogens is 178 g/mol. The Morgan fingerprint density at radius 3 is 2.79 bits per heavy atom. The van der Waals surface area contributed by atoms with Gasteiger partial charge in [0.25, 0.3) is 0 Å². The van der Waals surface area contributed by atoms with E-state index in [0.717, 1.165) is 29.9 Å². The van der Waals surface area contributed by atoms with Crippen molar-refractivity contribution in [1.29, 1.82) is 0 Å². The zero-order valence-corrected chi connectivity index (χ0v) is 7.73. The van der Waals surface area contributed by atoms with Crippen molar-refractivity contribution in [2.45, 2.75) is 12.8 Å². The van der Waals surface area contributed by atoms with Crippen LogP contribution in [0.3, 0.4) is 0 Å². The van der Waals surface area contributed by atoms with Gasteiger partial charge in [-0.3, -0.25) is 0 Å². The summed E-state index contributed by atoms with van der Waals surface area (Å²) in [5.41, 5.74) is 1.77. The average molecular weight is 189 g/mol. The van der Waals surface area contributed by atoms with Crippen LogP contribution in [0.5, 0.6) is 5.75 Å². The quantitative estimate of drug-likeness (QED) is 0.501. The van der Waals surface area contributed by atoms with Gasteiger partial charge in [-0.2, -0.15) is 0 Å². The fraction of sp³-hybridized carbons (Fsp3) is 0.364. The van der Waals surface area contributed by atoms with Gasteiger partial charge in [-0.25, -0.2) is 0 Å². The number of oxime groups is 1. The molecule has 3 heteroatoms. The highest BCUT2D eigenvalue weighted by Gasteiger charge is 2.52. The van der Waals surface area contributed by atoms with Crippen LogP contribution in [-0.2, 0) is 0 Å². The smallest absolute Gasteiger partial charge is 0.128 e. The van der Waals surface area contributed by atoms with E-state index < -0.39 is 0 Å². The molecule has 14 heavy (non-hydrogen) atoms. The van der Waals surface area contributed by atoms with Gasteiger partial charge >= 0.3 is 0 Å². The Kier molecular flexibility index (Phi) is 1.40. The van der Waals surface area contributed by atoms with Crippen LogP contribution in [0, 0.1) is 5.41 Å². The molecular formula is C11H11NO2. The zero-order chi connectivity index (χ0) is 9.60. The maximum absolute atomic E-state index is 9.05. The van der Waals surface area contributed by atoms with Crippen LogP contribution in [0.4, 0.5) is 0 Å². The molecule has 1 aromatic rings. The van der Waals surface area contributed by atoms with Crippen LogP contribution in [0.15, 0.2) is 29.4 Å². The molecule has 1 N–H and O–H groups in total. The van der Waals surface area contributed by atoms with Crippen LogP contribution in [0.1, 0.15) is 18.4 Å². The van der Waals surface area contributed by atoms with E-state index in [1.165, 1.54) is 0 Å². The minimum Gasteiger partial charge on any atom is -0.492 e. The van der Waals surface area contributed by atoms with E-state index in [1.54, 1.807) is 0 Å². The molecule has 1 spiro atoms. The van der Waals surface area contributed by atoms with Gasteiger partial charge in [-0.1, -0.05) is 17.3 Å². The molecule has 1 saturated carbocycles. The molecule has 0 aromatic heterocycles. The molecule has 2 aliphatic rings. The van der Waals surface area contributed by atoms with Crippen molar-refractivity contribution in [1.82, 2.24) is 0 Å². The Bertz CT molecular complexity index is 408. The first kappa shape index (κ1) is 7.85. The number of nitrogens with zero attached hydrogens (tertiary/aromatic N) is 1. The van der Waals surface area contributed by atoms with Crippen molar-refractivity contribution in [3.05, 3.63) is 29.8 Å². The molecule has 1 fully saturated rings. The van der Waals surface area contributed by atoms with Gasteiger partial charge in [-0.15, -0.1) is 0 Å². The third-order valence-electron chi connectivity index (χ3n) is 3.10. The van der Waals surface area contributed by atoms with Crippen LogP contribution < -0.4 is 4.74 Å². The summed E-state index contributed by atoms with van der Waals surface area (Å²) in [4.78, 5) is 0. The van der Waals surface area contributed by atoms with E-state index in [1.807, 2.05) is 24.3 Å². The Hall–Kier alpha value is -1.51. The highest BCUT2D eigenvalue weighted by atomic mass is 16.5. The molecule has 1 aromatic carbocycles. The number of rotatable bonds is 0. The normalized spacial score (nSPS) is 24.4. The van der Waals surface area contributed by atoms with Crippen molar-refractivity contribution >= 4 is 5.71 Å². The number of hydrogen-bond acceptors (Lipinski definition) is 3. The maximum Gasteiger partial charge on any atom is 0.128 e. The zero-order valence-electron chi connectivity index (χ0n) is 7.73. The van der Waals surface area contributed by atoms with E-state index in [4.69, 9.17) is 9.94 Å². The first-order valence-corrected chi connectivity index (χ1v) is 4.80. The predicted molar refractivity (Wildman–Crippen MR) is 51.9 cm³/mol. The molecule has 0 amide bonds. The number of ether oxygens (including phenoxy) is 1. The second-order valence-corrected chi connectivity index (χ2v) is 4.01. The third-order valence-corrected chi connectivity index (χ3v) is 3.10. The van der Waals surface area contributed by atoms with Crippen LogP contribution >= 0.6 is 0 Å². The molecule has 1 aliphatic heterocycles. The molecule has 3 rings (SSSR count). The monoisotopic (exact) mass is 189 g/mol. The van der Waals surface area contributed by atoms with Gasteiger partial charge in [-0.05, 0) is 25.0 Å². The van der Waals surface area contributed by atoms with Crippen LogP contribution in [-0.4, -0.2) is 17.5 Å². The van der Waals surface area contributed by atoms with Crippen molar-refractivity contribution < 1.29 is 9.94 Å². The molecule has 3 nitrogen and oxygen atoms in total. The average Bonchev–Trinajstić information content (AvgIpc) is 2.99. The number of para-hydroxylation sites is 1. The van der Waals surface area contributed by atoms with Crippen molar-refractivity contribution in [3.63, 3.8) is 0 Å². The van der Waals surface area contributed by atoms with Crippen molar-refractivity contribution in [2.24, 2.45) is 10.6 Å². The standard InChI is InChI=1S/C11H11NO2/c13-12-10-8-3-1-2-4-9(8)14-7-11(10)5-6-11/h1-4,13H,5-7H2/b12-10+. The molecule has 72 valence electrons. The lowest BCUT2D eigenvalue weighted by Crippen LogP contribution is -2.30. The van der Waals surface area contributed by atoms with Gasteiger partial charge < -0.3 is 9.94 Å². The number of benzene rings is 1. The second kappa shape index (κ2) is 2.50. The molecule has 1 aliphatic carbocycles. The molecule has 0 saturated heterocycles. The molecule has 0 radical (unpaired) electrons. The summed E-state index contributed by atoms with van der Waals surface area (Å²) in [5.74, 6) is 0.831. The Labute approximate surface area is 82.0 Å². The largest absolute Gasteiger partial charge is 0.492 e. The minimum atomic E-state index is 0.0170. The van der Waals surface area contributed by atoms with E-state index >= 15 is 0 Å². The number of fused-ring (bicyclic) bond motifs is 1. The summed E-state index contributed by atoms with van der Waals surface area (Å²) in [6.45, 7) is 0.656. The first-order valence-electron chi connectivity index (χ1n) is 4.80. The summed E-state index contributed by atoms with van der Waals surface area (Å²) in [6, 6.07) is 7.73. The lowest BCUT2D eigenvalue weighted by Gasteiger charge is -2.25.